The van der Waals surface area contributed by atoms with E-state index in [9.17, 15) is 64.2 Å². The molecule has 0 radical (unpaired) electrons. The summed E-state index contributed by atoms with van der Waals surface area (Å²) in [6, 6.07) is 2.97. The van der Waals surface area contributed by atoms with Gasteiger partial charge in [0.15, 0.2) is 17.6 Å². The van der Waals surface area contributed by atoms with Crippen LogP contribution in [0.2, 0.25) is 0 Å². The fourth-order valence-corrected chi connectivity index (χ4v) is 8.88. The number of alkyl halides is 1. The van der Waals surface area contributed by atoms with E-state index in [0.29, 0.717) is 16.6 Å². The molecule has 5 rings (SSSR count). The van der Waals surface area contributed by atoms with E-state index < -0.39 is 165 Å². The Morgan fingerprint density at radius 2 is 1.47 bits per heavy atom. The highest BCUT2D eigenvalue weighted by molar-refractivity contribution is 9.09. The number of carbonyl (C=O) groups is 7. The van der Waals surface area contributed by atoms with Gasteiger partial charge in [0, 0.05) is 50.1 Å². The lowest BCUT2D eigenvalue weighted by atomic mass is 9.99. The van der Waals surface area contributed by atoms with Gasteiger partial charge in [0.25, 0.3) is 0 Å². The Morgan fingerprint density at radius 3 is 2.12 bits per heavy atom. The molecule has 3 heterocycles. The molecule has 24 nitrogen and oxygen atoms in total. The Balaban J connectivity index is 1.57. The van der Waals surface area contributed by atoms with Crippen molar-refractivity contribution in [3.05, 3.63) is 71.1 Å². The topological polar surface area (TPSA) is 340 Å². The van der Waals surface area contributed by atoms with Crippen molar-refractivity contribution < 1.29 is 78.4 Å². The molecule has 2 aromatic carbocycles. The number of aliphatic hydroxyl groups excluding tert-OH is 6. The summed E-state index contributed by atoms with van der Waals surface area (Å²) in [7, 11) is 0. The third kappa shape index (κ3) is 15.7. The standard InChI is InChI=1S/C49H67BrN8O16/c1-25-22-58-40(41(25)64)45(68)52-20-29(60)18-31(53-48(71)74-49(3,4)5)42(65)54-37(26(2)59)46(69)57-23-30(61)19-32(57)43(66)55-38(44(67)56-39(47(58)70)34(63)21-51-6)33(62)16-28-12-13-35(36(17-28)72-15-14-50)73-24-27-10-8-7-9-11-27/h7-13,17,25-26,29-34,37-41,59-64H,14-16,18-24H2,1-5H3,(H,52,68)(H,53,71)(H,54,65)(H,55,66)(H,56,67)/t25-,26+,29+,30+,31-,32-,33+,34+,37-,38-,39-,40-,41-/m0/s1. The van der Waals surface area contributed by atoms with Crippen LogP contribution in [0.15, 0.2) is 48.5 Å². The van der Waals surface area contributed by atoms with Crippen LogP contribution in [0.4, 0.5) is 4.79 Å². The van der Waals surface area contributed by atoms with Crippen molar-refractivity contribution in [1.29, 1.82) is 0 Å². The molecule has 3 aliphatic rings. The zero-order valence-corrected chi connectivity index (χ0v) is 43.3. The molecule has 0 unspecified atom stereocenters. The Labute approximate surface area is 436 Å². The number of nitrogens with zero attached hydrogens (tertiary/aromatic N) is 3. The molecule has 2 aromatic rings. The van der Waals surface area contributed by atoms with Crippen molar-refractivity contribution in [3.63, 3.8) is 0 Å². The Bertz CT molecular complexity index is 2350. The van der Waals surface area contributed by atoms with Crippen LogP contribution >= 0.6 is 15.9 Å². The lowest BCUT2D eigenvalue weighted by Gasteiger charge is -2.33. The van der Waals surface area contributed by atoms with E-state index in [4.69, 9.17) is 20.8 Å². The predicted octanol–water partition coefficient (Wildman–Crippen LogP) is -2.00. The number of hydrogen-bond donors (Lipinski definition) is 11. The maximum Gasteiger partial charge on any atom is 0.408 e. The molecule has 13 atom stereocenters. The molecular formula is C49H67BrN8O16. The highest BCUT2D eigenvalue weighted by atomic mass is 79.9. The normalized spacial score (nSPS) is 27.9. The number of halogens is 1. The summed E-state index contributed by atoms with van der Waals surface area (Å²) in [5.74, 6) is -7.02. The fraction of sp³-hybridized carbons (Fsp3) is 0.592. The van der Waals surface area contributed by atoms with Gasteiger partial charge in [-0.25, -0.2) is 11.4 Å². The van der Waals surface area contributed by atoms with Crippen molar-refractivity contribution in [3.8, 4) is 11.5 Å². The first-order valence-corrected chi connectivity index (χ1v) is 25.2. The number of aliphatic hydroxyl groups is 6. The zero-order valence-electron chi connectivity index (χ0n) is 41.7. The van der Waals surface area contributed by atoms with Crippen LogP contribution < -0.4 is 36.1 Å². The predicted molar refractivity (Wildman–Crippen MR) is 265 cm³/mol. The van der Waals surface area contributed by atoms with E-state index in [0.717, 1.165) is 22.3 Å². The van der Waals surface area contributed by atoms with E-state index in [2.05, 4.69) is 47.4 Å². The number of fused-ring (bicyclic) bond motifs is 2. The lowest BCUT2D eigenvalue weighted by molar-refractivity contribution is -0.147. The van der Waals surface area contributed by atoms with Gasteiger partial charge in [-0.15, -0.1) is 0 Å². The number of nitrogens with one attached hydrogen (secondary N) is 5. The van der Waals surface area contributed by atoms with Crippen molar-refractivity contribution in [2.45, 2.75) is 139 Å². The van der Waals surface area contributed by atoms with Gasteiger partial charge in [-0.2, -0.15) is 0 Å². The third-order valence-electron chi connectivity index (χ3n) is 12.4. The maximum atomic E-state index is 14.7. The van der Waals surface area contributed by atoms with Crippen molar-refractivity contribution in [2.75, 3.05) is 38.1 Å². The Kier molecular flexibility index (Phi) is 20.9. The fourth-order valence-electron chi connectivity index (χ4n) is 8.72. The Hall–Kier alpha value is -6.14. The van der Waals surface area contributed by atoms with E-state index in [1.165, 1.54) is 6.92 Å². The highest BCUT2D eigenvalue weighted by Crippen LogP contribution is 2.31. The molecule has 3 fully saturated rings. The van der Waals surface area contributed by atoms with E-state index in [1.54, 1.807) is 39.0 Å². The van der Waals surface area contributed by atoms with E-state index >= 15 is 0 Å². The van der Waals surface area contributed by atoms with Crippen molar-refractivity contribution >= 4 is 57.5 Å². The molecule has 74 heavy (non-hydrogen) atoms. The number of alkyl carbamates (subject to hydrolysis) is 1. The van der Waals surface area contributed by atoms with Crippen LogP contribution in [0.1, 0.15) is 58.6 Å². The SMILES string of the molecule is [C-]#[N+]C[C@@H](O)[C@@H]1NC(=O)[C@H]([C@H](O)Cc2ccc(OCc3ccccc3)c(OCCBr)c2)NC(=O)[C@@H]2C[C@@H](O)CN2C(=O)[C@H]([C@@H](C)O)NC(=O)[C@@H](NC(=O)OC(C)(C)C)C[C@@H](O)CNC(=O)[C@@H]2[C@@H](O)[C@@H](C)CN2C1=O. The summed E-state index contributed by atoms with van der Waals surface area (Å²) in [6.45, 7) is 12.9. The average molecular weight is 1100 g/mol. The van der Waals surface area contributed by atoms with Gasteiger partial charge in [-0.1, -0.05) is 59.3 Å². The molecule has 406 valence electrons. The smallest absolute Gasteiger partial charge is 0.408 e. The Morgan fingerprint density at radius 1 is 0.811 bits per heavy atom. The average Bonchev–Trinajstić information content (AvgIpc) is 3.88. The molecule has 3 saturated heterocycles. The van der Waals surface area contributed by atoms with Gasteiger partial charge in [0.2, 0.25) is 42.0 Å². The molecule has 3 aliphatic heterocycles. The minimum Gasteiger partial charge on any atom is -0.489 e. The first-order chi connectivity index (χ1) is 34.9. The molecule has 0 aliphatic carbocycles. The number of amides is 7. The second kappa shape index (κ2) is 26.4. The third-order valence-corrected chi connectivity index (χ3v) is 12.8. The van der Waals surface area contributed by atoms with Crippen molar-refractivity contribution in [1.82, 2.24) is 36.4 Å². The number of carbonyl (C=O) groups excluding carboxylic acids is 7. The second-order valence-electron chi connectivity index (χ2n) is 19.6. The molecule has 11 N–H and O–H groups in total. The summed E-state index contributed by atoms with van der Waals surface area (Å²) in [4.78, 5) is 104. The van der Waals surface area contributed by atoms with Crippen LogP contribution in [0.5, 0.6) is 11.5 Å². The van der Waals surface area contributed by atoms with Crippen LogP contribution in [-0.4, -0.2) is 199 Å². The summed E-state index contributed by atoms with van der Waals surface area (Å²) >= 11 is 3.33. The summed E-state index contributed by atoms with van der Waals surface area (Å²) in [6.07, 6.45) is -12.7. The molecule has 25 heteroatoms. The number of benzene rings is 2. The lowest BCUT2D eigenvalue weighted by Crippen LogP contribution is -2.64. The van der Waals surface area contributed by atoms with Crippen LogP contribution in [0, 0.1) is 12.5 Å². The monoisotopic (exact) mass is 1100 g/mol. The van der Waals surface area contributed by atoms with Crippen LogP contribution in [-0.2, 0) is 46.5 Å². The van der Waals surface area contributed by atoms with Gasteiger partial charge in [-0.3, -0.25) is 28.8 Å². The van der Waals surface area contributed by atoms with Gasteiger partial charge in [-0.05, 0) is 51.0 Å². The molecule has 0 aromatic heterocycles. The quantitative estimate of drug-likeness (QED) is 0.0764. The first-order valence-electron chi connectivity index (χ1n) is 24.1. The molecule has 0 bridgehead atoms. The molecule has 7 amide bonds. The number of rotatable bonds is 13. The van der Waals surface area contributed by atoms with Gasteiger partial charge in [0.05, 0.1) is 37.1 Å². The van der Waals surface area contributed by atoms with E-state index in [-0.39, 0.29) is 25.5 Å². The number of β-amino-alcohol motifs (C(OH)–C–C–N with tert-alkyl or cyclic N) is 1. The van der Waals surface area contributed by atoms with E-state index in [1.807, 2.05) is 30.3 Å². The second-order valence-corrected chi connectivity index (χ2v) is 20.4. The van der Waals surface area contributed by atoms with Gasteiger partial charge < -0.3 is 86.1 Å². The van der Waals surface area contributed by atoms with Crippen LogP contribution in [0.25, 0.3) is 4.85 Å². The van der Waals surface area contributed by atoms with Crippen LogP contribution in [0.3, 0.4) is 0 Å². The van der Waals surface area contributed by atoms with Gasteiger partial charge >= 0.3 is 6.09 Å². The van der Waals surface area contributed by atoms with Crippen molar-refractivity contribution in [2.24, 2.45) is 5.92 Å². The molecular weight excluding hydrogens is 1040 g/mol. The molecule has 0 saturated carbocycles. The highest BCUT2D eigenvalue weighted by Gasteiger charge is 2.50. The number of hydrogen-bond acceptors (Lipinski definition) is 16. The maximum absolute atomic E-state index is 14.7. The molecule has 0 spiro atoms. The first kappa shape index (κ1) is 58.7. The minimum atomic E-state index is -2.05. The summed E-state index contributed by atoms with van der Waals surface area (Å²) < 4.78 is 17.3. The summed E-state index contributed by atoms with van der Waals surface area (Å²) in [5, 5.41) is 79.9. The largest absolute Gasteiger partial charge is 0.489 e. The van der Waals surface area contributed by atoms with Gasteiger partial charge in [0.1, 0.15) is 48.5 Å². The zero-order chi connectivity index (χ0) is 54.6. The number of ether oxygens (including phenoxy) is 3. The summed E-state index contributed by atoms with van der Waals surface area (Å²) in [5.41, 5.74) is 0.144. The minimum absolute atomic E-state index is 0.177.